The molecule has 1 aromatic rings. The van der Waals surface area contributed by atoms with Gasteiger partial charge in [0.25, 0.3) is 5.91 Å². The zero-order valence-electron chi connectivity index (χ0n) is 16.5. The number of likely N-dealkylation sites (tertiary alicyclic amines) is 1. The SMILES string of the molecule is C=CCn1nc(C(=O)N2CCCCCC2)c2c1CCC(NCC(C)C)C2. The lowest BCUT2D eigenvalue weighted by molar-refractivity contribution is 0.0753. The largest absolute Gasteiger partial charge is 0.337 e. The number of nitrogens with one attached hydrogen (secondary N) is 1. The third-order valence-electron chi connectivity index (χ3n) is 5.56. The topological polar surface area (TPSA) is 50.2 Å². The fourth-order valence-corrected chi connectivity index (χ4v) is 4.13. The maximum Gasteiger partial charge on any atom is 0.274 e. The van der Waals surface area contributed by atoms with Crippen molar-refractivity contribution in [2.75, 3.05) is 19.6 Å². The summed E-state index contributed by atoms with van der Waals surface area (Å²) in [4.78, 5) is 15.2. The number of aromatic nitrogens is 2. The monoisotopic (exact) mass is 358 g/mol. The first-order valence-electron chi connectivity index (χ1n) is 10.3. The van der Waals surface area contributed by atoms with E-state index in [4.69, 9.17) is 5.10 Å². The first kappa shape index (κ1) is 19.2. The number of hydrogen-bond donors (Lipinski definition) is 1. The van der Waals surface area contributed by atoms with Crippen molar-refractivity contribution in [2.24, 2.45) is 5.92 Å². The number of carbonyl (C=O) groups is 1. The van der Waals surface area contributed by atoms with Gasteiger partial charge in [-0.3, -0.25) is 9.48 Å². The van der Waals surface area contributed by atoms with Crippen molar-refractivity contribution in [3.8, 4) is 0 Å². The van der Waals surface area contributed by atoms with Crippen LogP contribution in [0, 0.1) is 5.92 Å². The van der Waals surface area contributed by atoms with Crippen molar-refractivity contribution in [2.45, 2.75) is 71.4 Å². The molecule has 1 aromatic heterocycles. The summed E-state index contributed by atoms with van der Waals surface area (Å²) in [6.45, 7) is 11.8. The van der Waals surface area contributed by atoms with Crippen LogP contribution in [0.2, 0.25) is 0 Å². The van der Waals surface area contributed by atoms with Crippen molar-refractivity contribution >= 4 is 5.91 Å². The van der Waals surface area contributed by atoms with Gasteiger partial charge in [-0.05, 0) is 44.6 Å². The highest BCUT2D eigenvalue weighted by Gasteiger charge is 2.31. The first-order valence-corrected chi connectivity index (χ1v) is 10.3. The fraction of sp³-hybridized carbons (Fsp3) is 0.714. The van der Waals surface area contributed by atoms with Gasteiger partial charge in [0, 0.05) is 30.4 Å². The molecule has 1 amide bonds. The van der Waals surface area contributed by atoms with Gasteiger partial charge in [-0.2, -0.15) is 5.10 Å². The van der Waals surface area contributed by atoms with E-state index >= 15 is 0 Å². The minimum atomic E-state index is 0.135. The minimum absolute atomic E-state index is 0.135. The number of rotatable bonds is 6. The van der Waals surface area contributed by atoms with E-state index < -0.39 is 0 Å². The summed E-state index contributed by atoms with van der Waals surface area (Å²) >= 11 is 0. The molecule has 0 aromatic carbocycles. The average molecular weight is 359 g/mol. The zero-order chi connectivity index (χ0) is 18.5. The lowest BCUT2D eigenvalue weighted by atomic mass is 9.90. The van der Waals surface area contributed by atoms with Crippen molar-refractivity contribution in [3.63, 3.8) is 0 Å². The van der Waals surface area contributed by atoms with Gasteiger partial charge < -0.3 is 10.2 Å². The van der Waals surface area contributed by atoms with Crippen LogP contribution in [0.1, 0.15) is 67.7 Å². The Labute approximate surface area is 157 Å². The Hall–Kier alpha value is -1.62. The van der Waals surface area contributed by atoms with E-state index in [1.165, 1.54) is 24.1 Å². The summed E-state index contributed by atoms with van der Waals surface area (Å²) < 4.78 is 2.01. The number of fused-ring (bicyclic) bond motifs is 1. The van der Waals surface area contributed by atoms with Crippen molar-refractivity contribution in [3.05, 3.63) is 29.6 Å². The molecule has 1 N–H and O–H groups in total. The van der Waals surface area contributed by atoms with E-state index in [2.05, 4.69) is 25.7 Å². The number of amides is 1. The molecule has 0 saturated carbocycles. The third kappa shape index (κ3) is 4.37. The lowest BCUT2D eigenvalue weighted by Gasteiger charge is -2.26. The van der Waals surface area contributed by atoms with E-state index in [-0.39, 0.29) is 5.91 Å². The Morgan fingerprint density at radius 3 is 2.69 bits per heavy atom. The molecule has 144 valence electrons. The van der Waals surface area contributed by atoms with Gasteiger partial charge in [0.2, 0.25) is 0 Å². The van der Waals surface area contributed by atoms with Crippen LogP contribution in [0.5, 0.6) is 0 Å². The van der Waals surface area contributed by atoms with Crippen molar-refractivity contribution in [1.82, 2.24) is 20.0 Å². The first-order chi connectivity index (χ1) is 12.6. The Morgan fingerprint density at radius 1 is 1.31 bits per heavy atom. The molecule has 1 saturated heterocycles. The summed E-state index contributed by atoms with van der Waals surface area (Å²) in [5.74, 6) is 0.772. The van der Waals surface area contributed by atoms with Crippen LogP contribution in [-0.2, 0) is 19.4 Å². The summed E-state index contributed by atoms with van der Waals surface area (Å²) in [5, 5.41) is 8.42. The van der Waals surface area contributed by atoms with Gasteiger partial charge in [-0.1, -0.05) is 32.8 Å². The number of carbonyl (C=O) groups excluding carboxylic acids is 1. The smallest absolute Gasteiger partial charge is 0.274 e. The molecule has 0 spiro atoms. The van der Waals surface area contributed by atoms with Gasteiger partial charge in [-0.15, -0.1) is 6.58 Å². The van der Waals surface area contributed by atoms with Gasteiger partial charge in [0.05, 0.1) is 6.54 Å². The van der Waals surface area contributed by atoms with Crippen molar-refractivity contribution in [1.29, 1.82) is 0 Å². The van der Waals surface area contributed by atoms with Gasteiger partial charge in [0.1, 0.15) is 0 Å². The van der Waals surface area contributed by atoms with Crippen LogP contribution in [-0.4, -0.2) is 46.3 Å². The average Bonchev–Trinajstić information content (AvgIpc) is 2.81. The molecule has 5 nitrogen and oxygen atoms in total. The highest BCUT2D eigenvalue weighted by molar-refractivity contribution is 5.94. The molecule has 26 heavy (non-hydrogen) atoms. The Morgan fingerprint density at radius 2 is 2.04 bits per heavy atom. The Kier molecular flexibility index (Phi) is 6.52. The van der Waals surface area contributed by atoms with Crippen LogP contribution >= 0.6 is 0 Å². The maximum absolute atomic E-state index is 13.2. The summed E-state index contributed by atoms with van der Waals surface area (Å²) in [5.41, 5.74) is 3.11. The quantitative estimate of drug-likeness (QED) is 0.795. The Bertz CT molecular complexity index is 626. The van der Waals surface area contributed by atoms with E-state index in [0.29, 0.717) is 24.2 Å². The van der Waals surface area contributed by atoms with Crippen LogP contribution in [0.4, 0.5) is 0 Å². The van der Waals surface area contributed by atoms with Crippen LogP contribution in [0.25, 0.3) is 0 Å². The highest BCUT2D eigenvalue weighted by atomic mass is 16.2. The second kappa shape index (κ2) is 8.85. The second-order valence-corrected chi connectivity index (χ2v) is 8.19. The molecule has 1 unspecified atom stereocenters. The van der Waals surface area contributed by atoms with E-state index in [1.54, 1.807) is 0 Å². The zero-order valence-corrected chi connectivity index (χ0v) is 16.5. The predicted molar refractivity (Wildman–Crippen MR) is 105 cm³/mol. The summed E-state index contributed by atoms with van der Waals surface area (Å²) in [6, 6.07) is 0.446. The van der Waals surface area contributed by atoms with Crippen LogP contribution in [0.3, 0.4) is 0 Å². The van der Waals surface area contributed by atoms with Crippen LogP contribution in [0.15, 0.2) is 12.7 Å². The molecule has 1 fully saturated rings. The third-order valence-corrected chi connectivity index (χ3v) is 5.56. The molecule has 0 radical (unpaired) electrons. The van der Waals surface area contributed by atoms with Crippen molar-refractivity contribution < 1.29 is 4.79 Å². The molecule has 0 bridgehead atoms. The molecule has 2 aliphatic rings. The molecule has 5 heteroatoms. The predicted octanol–water partition coefficient (Wildman–Crippen LogP) is 3.19. The molecular formula is C21H34N4O. The maximum atomic E-state index is 13.2. The van der Waals surface area contributed by atoms with Crippen LogP contribution < -0.4 is 5.32 Å². The van der Waals surface area contributed by atoms with Gasteiger partial charge in [0.15, 0.2) is 5.69 Å². The van der Waals surface area contributed by atoms with E-state index in [1.807, 2.05) is 15.7 Å². The minimum Gasteiger partial charge on any atom is -0.337 e. The Balaban J connectivity index is 1.83. The molecular weight excluding hydrogens is 324 g/mol. The number of allylic oxidation sites excluding steroid dienone is 1. The van der Waals surface area contributed by atoms with Gasteiger partial charge in [-0.25, -0.2) is 0 Å². The highest BCUT2D eigenvalue weighted by Crippen LogP contribution is 2.27. The summed E-state index contributed by atoms with van der Waals surface area (Å²) in [7, 11) is 0. The molecule has 2 heterocycles. The van der Waals surface area contributed by atoms with E-state index in [0.717, 1.165) is 51.7 Å². The molecule has 1 atom stereocenters. The number of hydrogen-bond acceptors (Lipinski definition) is 3. The lowest BCUT2D eigenvalue weighted by Crippen LogP contribution is -2.38. The number of nitrogens with zero attached hydrogens (tertiary/aromatic N) is 3. The molecule has 3 rings (SSSR count). The summed E-state index contributed by atoms with van der Waals surface area (Å²) in [6.07, 6.45) is 9.56. The second-order valence-electron chi connectivity index (χ2n) is 8.19. The normalized spacial score (nSPS) is 20.7. The molecule has 1 aliphatic carbocycles. The fourth-order valence-electron chi connectivity index (χ4n) is 4.13. The standard InChI is InChI=1S/C21H34N4O/c1-4-11-25-19-10-9-17(22-15-16(2)3)14-18(19)20(23-25)21(26)24-12-7-5-6-8-13-24/h4,16-17,22H,1,5-15H2,2-3H3. The van der Waals surface area contributed by atoms with Gasteiger partial charge >= 0.3 is 0 Å². The van der Waals surface area contributed by atoms with E-state index in [9.17, 15) is 4.79 Å². The molecule has 1 aliphatic heterocycles.